The molecule has 6 nitrogen and oxygen atoms in total. The summed E-state index contributed by atoms with van der Waals surface area (Å²) in [6, 6.07) is 4.22. The van der Waals surface area contributed by atoms with E-state index in [0.717, 1.165) is 18.9 Å². The van der Waals surface area contributed by atoms with Crippen LogP contribution in [0.3, 0.4) is 0 Å². The molecule has 136 valence electrons. The Kier molecular flexibility index (Phi) is 9.22. The molecule has 1 amide bonds. The Labute approximate surface area is 149 Å². The fraction of sp³-hybridized carbons (Fsp3) is 0.647. The topological polar surface area (TPSA) is 74.8 Å². The number of ether oxygens (including phenoxy) is 1. The van der Waals surface area contributed by atoms with E-state index in [9.17, 15) is 4.79 Å². The van der Waals surface area contributed by atoms with Gasteiger partial charge in [0.15, 0.2) is 5.96 Å². The van der Waals surface area contributed by atoms with Gasteiger partial charge in [-0.3, -0.25) is 4.99 Å². The Morgan fingerprint density at radius 2 is 2.08 bits per heavy atom. The van der Waals surface area contributed by atoms with E-state index in [0.29, 0.717) is 19.1 Å². The first-order valence-electron chi connectivity index (χ1n) is 8.37. The maximum atomic E-state index is 11.7. The molecule has 0 aromatic carbocycles. The van der Waals surface area contributed by atoms with Crippen molar-refractivity contribution in [3.05, 3.63) is 21.9 Å². The van der Waals surface area contributed by atoms with Crippen LogP contribution >= 0.6 is 11.3 Å². The van der Waals surface area contributed by atoms with Gasteiger partial charge in [0.1, 0.15) is 0 Å². The third-order valence-electron chi connectivity index (χ3n) is 3.32. The number of amides is 1. The number of hydrogen-bond donors (Lipinski definition) is 3. The predicted molar refractivity (Wildman–Crippen MR) is 101 cm³/mol. The van der Waals surface area contributed by atoms with Gasteiger partial charge in [0.25, 0.3) is 0 Å². The van der Waals surface area contributed by atoms with Gasteiger partial charge in [0.2, 0.25) is 0 Å². The molecule has 0 aliphatic rings. The maximum Gasteiger partial charge on any atom is 0.407 e. The molecule has 0 aliphatic carbocycles. The molecule has 0 saturated heterocycles. The Bertz CT molecular complexity index is 528. The first-order valence-corrected chi connectivity index (χ1v) is 9.19. The van der Waals surface area contributed by atoms with Crippen molar-refractivity contribution in [1.82, 2.24) is 16.0 Å². The molecule has 1 atom stereocenters. The lowest BCUT2D eigenvalue weighted by atomic mass is 10.0. The van der Waals surface area contributed by atoms with Crippen molar-refractivity contribution in [2.75, 3.05) is 20.2 Å². The molecular formula is C17H30N4O2S. The van der Waals surface area contributed by atoms with Crippen LogP contribution < -0.4 is 16.0 Å². The maximum absolute atomic E-state index is 11.7. The summed E-state index contributed by atoms with van der Waals surface area (Å²) in [6.07, 6.45) is 0.495. The highest BCUT2D eigenvalue weighted by molar-refractivity contribution is 7.11. The highest BCUT2D eigenvalue weighted by Gasteiger charge is 2.15. The zero-order valence-electron chi connectivity index (χ0n) is 15.3. The number of nitrogens with zero attached hydrogens (tertiary/aromatic N) is 1. The molecule has 3 N–H and O–H groups in total. The summed E-state index contributed by atoms with van der Waals surface area (Å²) < 4.78 is 4.97. The summed E-state index contributed by atoms with van der Waals surface area (Å²) in [6.45, 7) is 9.86. The molecule has 0 aliphatic heterocycles. The van der Waals surface area contributed by atoms with Gasteiger partial charge in [-0.15, -0.1) is 11.3 Å². The second-order valence-electron chi connectivity index (χ2n) is 6.01. The molecule has 1 aromatic rings. The molecular weight excluding hydrogens is 324 g/mol. The lowest BCUT2D eigenvalue weighted by Crippen LogP contribution is -2.47. The monoisotopic (exact) mass is 354 g/mol. The number of aliphatic imine (C=N–C) groups is 1. The molecule has 0 saturated carbocycles. The number of nitrogens with one attached hydrogen (secondary N) is 3. The minimum Gasteiger partial charge on any atom is -0.450 e. The Hall–Kier alpha value is -1.76. The van der Waals surface area contributed by atoms with Gasteiger partial charge >= 0.3 is 6.09 Å². The van der Waals surface area contributed by atoms with E-state index in [1.54, 1.807) is 25.3 Å². The normalized spacial score (nSPS) is 12.8. The van der Waals surface area contributed by atoms with Crippen LogP contribution in [-0.4, -0.2) is 38.3 Å². The number of carbonyl (C=O) groups excluding carboxylic acids is 1. The number of alkyl carbamates (subject to hydrolysis) is 1. The summed E-state index contributed by atoms with van der Waals surface area (Å²) in [5, 5.41) is 9.47. The third kappa shape index (κ3) is 8.19. The average Bonchev–Trinajstić information content (AvgIpc) is 2.92. The quantitative estimate of drug-likeness (QED) is 0.496. The highest BCUT2D eigenvalue weighted by atomic mass is 32.1. The van der Waals surface area contributed by atoms with Gasteiger partial charge in [-0.05, 0) is 38.3 Å². The first kappa shape index (κ1) is 20.3. The van der Waals surface area contributed by atoms with Crippen molar-refractivity contribution in [3.63, 3.8) is 0 Å². The number of rotatable bonds is 8. The lowest BCUT2D eigenvalue weighted by molar-refractivity contribution is 0.146. The molecule has 24 heavy (non-hydrogen) atoms. The van der Waals surface area contributed by atoms with Crippen LogP contribution in [0.1, 0.15) is 36.9 Å². The molecule has 7 heteroatoms. The minimum absolute atomic E-state index is 0.00779. The number of carbonyl (C=O) groups is 1. The highest BCUT2D eigenvalue weighted by Crippen LogP contribution is 2.14. The number of thiophene rings is 1. The van der Waals surface area contributed by atoms with Crippen LogP contribution in [0.15, 0.2) is 17.1 Å². The summed E-state index contributed by atoms with van der Waals surface area (Å²) >= 11 is 1.77. The molecule has 1 heterocycles. The van der Waals surface area contributed by atoms with Gasteiger partial charge < -0.3 is 20.7 Å². The first-order chi connectivity index (χ1) is 11.4. The fourth-order valence-corrected chi connectivity index (χ4v) is 3.12. The molecule has 1 unspecified atom stereocenters. The van der Waals surface area contributed by atoms with E-state index < -0.39 is 0 Å². The van der Waals surface area contributed by atoms with Gasteiger partial charge in [0, 0.05) is 29.4 Å². The molecule has 0 spiro atoms. The van der Waals surface area contributed by atoms with Crippen molar-refractivity contribution in [2.45, 2.75) is 46.7 Å². The standard InChI is InChI=1S/C17H30N4O2S/c1-6-23-17(22)21-14(9-12(2)3)10-19-16(18-5)20-11-15-8-7-13(4)24-15/h7-8,12,14H,6,9-11H2,1-5H3,(H,21,22)(H2,18,19,20). The minimum atomic E-state index is -0.373. The smallest absolute Gasteiger partial charge is 0.407 e. The molecule has 1 aromatic heterocycles. The van der Waals surface area contributed by atoms with Crippen molar-refractivity contribution in [1.29, 1.82) is 0 Å². The summed E-state index contributed by atoms with van der Waals surface area (Å²) in [5.41, 5.74) is 0. The van der Waals surface area contributed by atoms with Crippen molar-refractivity contribution in [2.24, 2.45) is 10.9 Å². The fourth-order valence-electron chi connectivity index (χ4n) is 2.29. The van der Waals surface area contributed by atoms with Crippen LogP contribution in [0.2, 0.25) is 0 Å². The van der Waals surface area contributed by atoms with Gasteiger partial charge in [-0.1, -0.05) is 13.8 Å². The van der Waals surface area contributed by atoms with E-state index in [1.165, 1.54) is 9.75 Å². The summed E-state index contributed by atoms with van der Waals surface area (Å²) in [5.74, 6) is 1.20. The lowest BCUT2D eigenvalue weighted by Gasteiger charge is -2.22. The molecule has 1 rings (SSSR count). The second-order valence-corrected chi connectivity index (χ2v) is 7.38. The zero-order chi connectivity index (χ0) is 17.9. The van der Waals surface area contributed by atoms with Crippen molar-refractivity contribution in [3.8, 4) is 0 Å². The van der Waals surface area contributed by atoms with Crippen LogP contribution in [-0.2, 0) is 11.3 Å². The largest absolute Gasteiger partial charge is 0.450 e. The predicted octanol–water partition coefficient (Wildman–Crippen LogP) is 2.88. The summed E-state index contributed by atoms with van der Waals surface area (Å²) in [7, 11) is 1.74. The number of hydrogen-bond acceptors (Lipinski definition) is 4. The van der Waals surface area contributed by atoms with E-state index in [-0.39, 0.29) is 12.1 Å². The van der Waals surface area contributed by atoms with E-state index in [4.69, 9.17) is 4.74 Å². The van der Waals surface area contributed by atoms with Crippen molar-refractivity contribution < 1.29 is 9.53 Å². The Morgan fingerprint density at radius 1 is 1.33 bits per heavy atom. The number of guanidine groups is 1. The second kappa shape index (κ2) is 10.9. The zero-order valence-corrected chi connectivity index (χ0v) is 16.1. The molecule has 0 bridgehead atoms. The van der Waals surface area contributed by atoms with Crippen molar-refractivity contribution >= 4 is 23.4 Å². The van der Waals surface area contributed by atoms with Crippen LogP contribution in [0.5, 0.6) is 0 Å². The van der Waals surface area contributed by atoms with Crippen LogP contribution in [0.25, 0.3) is 0 Å². The Morgan fingerprint density at radius 3 is 2.62 bits per heavy atom. The molecule has 0 fully saturated rings. The van der Waals surface area contributed by atoms with E-state index >= 15 is 0 Å². The molecule has 0 radical (unpaired) electrons. The Balaban J connectivity index is 2.47. The van der Waals surface area contributed by atoms with E-state index in [1.807, 2.05) is 0 Å². The average molecular weight is 355 g/mol. The number of aryl methyl sites for hydroxylation is 1. The SMILES string of the molecule is CCOC(=O)NC(CNC(=NC)NCc1ccc(C)s1)CC(C)C. The van der Waals surface area contributed by atoms with E-state index in [2.05, 4.69) is 53.8 Å². The van der Waals surface area contributed by atoms with Gasteiger partial charge in [-0.2, -0.15) is 0 Å². The van der Waals surface area contributed by atoms with Gasteiger partial charge in [-0.25, -0.2) is 4.79 Å². The summed E-state index contributed by atoms with van der Waals surface area (Å²) in [4.78, 5) is 18.4. The van der Waals surface area contributed by atoms with Crippen LogP contribution in [0.4, 0.5) is 4.79 Å². The third-order valence-corrected chi connectivity index (χ3v) is 4.32. The van der Waals surface area contributed by atoms with Crippen LogP contribution in [0, 0.1) is 12.8 Å². The van der Waals surface area contributed by atoms with Gasteiger partial charge in [0.05, 0.1) is 13.2 Å².